The Bertz CT molecular complexity index is 974. The first kappa shape index (κ1) is 21.0. The van der Waals surface area contributed by atoms with E-state index in [1.165, 1.54) is 18.4 Å². The standard InChI is InChI=1S/C19H20N2O6S2/c1-9-10(2)29-17(21-16(23)11-4-5-11)14(9)18(24)27-8-13(22)20-12-6-7-28-15(12)19(25)26-3/h6-7,11H,4-5,8H2,1-3H3,(H,20,22)(H,21,23). The van der Waals surface area contributed by atoms with Crippen LogP contribution in [0, 0.1) is 19.8 Å². The van der Waals surface area contributed by atoms with Crippen LogP contribution < -0.4 is 10.6 Å². The van der Waals surface area contributed by atoms with Crippen molar-refractivity contribution in [2.24, 2.45) is 5.92 Å². The molecule has 29 heavy (non-hydrogen) atoms. The summed E-state index contributed by atoms with van der Waals surface area (Å²) < 4.78 is 9.81. The number of ether oxygens (including phenoxy) is 2. The van der Waals surface area contributed by atoms with Crippen molar-refractivity contribution in [1.29, 1.82) is 0 Å². The smallest absolute Gasteiger partial charge is 0.350 e. The zero-order chi connectivity index (χ0) is 21.1. The second-order valence-corrected chi connectivity index (χ2v) is 8.67. The van der Waals surface area contributed by atoms with Crippen molar-refractivity contribution in [2.45, 2.75) is 26.7 Å². The molecule has 154 valence electrons. The lowest BCUT2D eigenvalue weighted by Crippen LogP contribution is -2.22. The molecule has 2 heterocycles. The molecule has 0 atom stereocenters. The van der Waals surface area contributed by atoms with E-state index < -0.39 is 24.5 Å². The minimum absolute atomic E-state index is 0.00183. The molecule has 0 unspecified atom stereocenters. The molecule has 2 amide bonds. The number of hydrogen-bond acceptors (Lipinski definition) is 8. The first-order chi connectivity index (χ1) is 13.8. The molecule has 2 aromatic heterocycles. The van der Waals surface area contributed by atoms with Gasteiger partial charge in [-0.1, -0.05) is 0 Å². The van der Waals surface area contributed by atoms with Gasteiger partial charge in [-0.05, 0) is 43.7 Å². The van der Waals surface area contributed by atoms with Crippen molar-refractivity contribution in [3.8, 4) is 0 Å². The van der Waals surface area contributed by atoms with Gasteiger partial charge in [0.15, 0.2) is 6.61 Å². The highest BCUT2D eigenvalue weighted by atomic mass is 32.1. The van der Waals surface area contributed by atoms with Gasteiger partial charge < -0.3 is 20.1 Å². The number of rotatable bonds is 7. The van der Waals surface area contributed by atoms with Crippen LogP contribution >= 0.6 is 22.7 Å². The average Bonchev–Trinajstić information content (AvgIpc) is 3.38. The van der Waals surface area contributed by atoms with Gasteiger partial charge in [0.1, 0.15) is 9.88 Å². The number of carbonyl (C=O) groups is 4. The predicted octanol–water partition coefficient (Wildman–Crippen LogP) is 3.36. The summed E-state index contributed by atoms with van der Waals surface area (Å²) in [6, 6.07) is 1.56. The maximum atomic E-state index is 12.6. The Morgan fingerprint density at radius 2 is 1.86 bits per heavy atom. The molecule has 0 aliphatic heterocycles. The molecule has 0 bridgehead atoms. The maximum absolute atomic E-state index is 12.6. The van der Waals surface area contributed by atoms with Gasteiger partial charge in [-0.3, -0.25) is 9.59 Å². The number of amides is 2. The van der Waals surface area contributed by atoms with Crippen LogP contribution in [-0.2, 0) is 19.1 Å². The molecule has 1 saturated carbocycles. The third-order valence-electron chi connectivity index (χ3n) is 4.42. The van der Waals surface area contributed by atoms with Gasteiger partial charge in [-0.15, -0.1) is 22.7 Å². The molecular weight excluding hydrogens is 416 g/mol. The second-order valence-electron chi connectivity index (χ2n) is 6.53. The molecule has 2 N–H and O–H groups in total. The van der Waals surface area contributed by atoms with Crippen LogP contribution in [0.25, 0.3) is 0 Å². The average molecular weight is 437 g/mol. The second kappa shape index (κ2) is 8.75. The molecule has 2 aromatic rings. The summed E-state index contributed by atoms with van der Waals surface area (Å²) in [6.07, 6.45) is 1.70. The van der Waals surface area contributed by atoms with Crippen LogP contribution in [-0.4, -0.2) is 37.5 Å². The quantitative estimate of drug-likeness (QED) is 0.644. The Labute approximate surface area is 175 Å². The number of methoxy groups -OCH3 is 1. The van der Waals surface area contributed by atoms with Crippen molar-refractivity contribution < 1.29 is 28.7 Å². The lowest BCUT2D eigenvalue weighted by molar-refractivity contribution is -0.119. The molecule has 3 rings (SSSR count). The van der Waals surface area contributed by atoms with Crippen molar-refractivity contribution in [3.05, 3.63) is 32.3 Å². The Kier molecular flexibility index (Phi) is 6.33. The van der Waals surface area contributed by atoms with Crippen molar-refractivity contribution in [2.75, 3.05) is 24.4 Å². The number of esters is 2. The normalized spacial score (nSPS) is 12.9. The number of thiophene rings is 2. The largest absolute Gasteiger partial charge is 0.465 e. The molecule has 8 nitrogen and oxygen atoms in total. The fourth-order valence-electron chi connectivity index (χ4n) is 2.57. The van der Waals surface area contributed by atoms with Crippen molar-refractivity contribution >= 4 is 57.1 Å². The fourth-order valence-corrected chi connectivity index (χ4v) is 4.39. The van der Waals surface area contributed by atoms with Crippen LogP contribution in [0.1, 0.15) is 43.3 Å². The first-order valence-electron chi connectivity index (χ1n) is 8.85. The lowest BCUT2D eigenvalue weighted by Gasteiger charge is -2.09. The predicted molar refractivity (Wildman–Crippen MR) is 110 cm³/mol. The Morgan fingerprint density at radius 1 is 1.14 bits per heavy atom. The Balaban J connectivity index is 1.63. The summed E-state index contributed by atoms with van der Waals surface area (Å²) in [5.41, 5.74) is 1.26. The molecule has 0 radical (unpaired) electrons. The third-order valence-corrected chi connectivity index (χ3v) is 6.44. The maximum Gasteiger partial charge on any atom is 0.350 e. The van der Waals surface area contributed by atoms with Crippen LogP contribution in [0.3, 0.4) is 0 Å². The van der Waals surface area contributed by atoms with E-state index in [0.29, 0.717) is 16.3 Å². The summed E-state index contributed by atoms with van der Waals surface area (Å²) in [4.78, 5) is 49.6. The molecule has 1 aliphatic rings. The molecule has 0 spiro atoms. The zero-order valence-corrected chi connectivity index (χ0v) is 17.8. The van der Waals surface area contributed by atoms with Crippen molar-refractivity contribution in [3.63, 3.8) is 0 Å². The minimum atomic E-state index is -0.688. The highest BCUT2D eigenvalue weighted by Gasteiger charge is 2.32. The zero-order valence-electron chi connectivity index (χ0n) is 16.1. The SMILES string of the molecule is COC(=O)c1sccc1NC(=O)COC(=O)c1c(NC(=O)C2CC2)sc(C)c1C. The van der Waals surface area contributed by atoms with Gasteiger partial charge in [0.05, 0.1) is 18.4 Å². The third kappa shape index (κ3) is 4.83. The van der Waals surface area contributed by atoms with Crippen LogP contribution in [0.5, 0.6) is 0 Å². The van der Waals surface area contributed by atoms with E-state index in [0.717, 1.165) is 29.1 Å². The number of hydrogen-bond donors (Lipinski definition) is 2. The molecule has 1 aliphatic carbocycles. The van der Waals surface area contributed by atoms with E-state index in [1.54, 1.807) is 18.4 Å². The first-order valence-corrected chi connectivity index (χ1v) is 10.5. The monoisotopic (exact) mass is 436 g/mol. The minimum Gasteiger partial charge on any atom is -0.465 e. The summed E-state index contributed by atoms with van der Waals surface area (Å²) >= 11 is 2.43. The van der Waals surface area contributed by atoms with E-state index in [1.807, 2.05) is 6.92 Å². The summed E-state index contributed by atoms with van der Waals surface area (Å²) in [5, 5.41) is 7.40. The summed E-state index contributed by atoms with van der Waals surface area (Å²) in [6.45, 7) is 3.09. The van der Waals surface area contributed by atoms with E-state index in [9.17, 15) is 19.2 Å². The van der Waals surface area contributed by atoms with Crippen LogP contribution in [0.4, 0.5) is 10.7 Å². The number of nitrogens with one attached hydrogen (secondary N) is 2. The van der Waals surface area contributed by atoms with Gasteiger partial charge in [0.2, 0.25) is 5.91 Å². The van der Waals surface area contributed by atoms with Crippen molar-refractivity contribution in [1.82, 2.24) is 0 Å². The van der Waals surface area contributed by atoms with Gasteiger partial charge in [-0.2, -0.15) is 0 Å². The molecule has 0 aromatic carbocycles. The molecule has 1 fully saturated rings. The lowest BCUT2D eigenvalue weighted by atomic mass is 10.1. The van der Waals surface area contributed by atoms with E-state index in [-0.39, 0.29) is 22.3 Å². The van der Waals surface area contributed by atoms with Gasteiger partial charge in [0.25, 0.3) is 5.91 Å². The fraction of sp³-hybridized carbons (Fsp3) is 0.368. The van der Waals surface area contributed by atoms with Gasteiger partial charge >= 0.3 is 11.9 Å². The molecule has 10 heteroatoms. The van der Waals surface area contributed by atoms with Crippen LogP contribution in [0.2, 0.25) is 0 Å². The summed E-state index contributed by atoms with van der Waals surface area (Å²) in [5.74, 6) is -1.94. The number of carbonyl (C=O) groups excluding carboxylic acids is 4. The number of anilines is 2. The van der Waals surface area contributed by atoms with Gasteiger partial charge in [0, 0.05) is 10.8 Å². The molecule has 0 saturated heterocycles. The van der Waals surface area contributed by atoms with Gasteiger partial charge in [-0.25, -0.2) is 9.59 Å². The van der Waals surface area contributed by atoms with E-state index in [2.05, 4.69) is 15.4 Å². The van der Waals surface area contributed by atoms with Crippen LogP contribution in [0.15, 0.2) is 11.4 Å². The number of aryl methyl sites for hydroxylation is 1. The van der Waals surface area contributed by atoms with E-state index in [4.69, 9.17) is 4.74 Å². The topological polar surface area (TPSA) is 111 Å². The summed E-state index contributed by atoms with van der Waals surface area (Å²) in [7, 11) is 1.25. The highest BCUT2D eigenvalue weighted by Crippen LogP contribution is 2.36. The Morgan fingerprint density at radius 3 is 2.52 bits per heavy atom. The Hall–Kier alpha value is -2.72. The highest BCUT2D eigenvalue weighted by molar-refractivity contribution is 7.16. The molecular formula is C19H20N2O6S2. The van der Waals surface area contributed by atoms with E-state index >= 15 is 0 Å².